The molecule has 0 saturated heterocycles. The molecule has 0 aliphatic rings. The third kappa shape index (κ3) is 5.16. The highest BCUT2D eigenvalue weighted by molar-refractivity contribution is 7.26. The monoisotopic (exact) mass is 667 g/mol. The van der Waals surface area contributed by atoms with Gasteiger partial charge in [0.05, 0.1) is 22.6 Å². The van der Waals surface area contributed by atoms with E-state index in [1.54, 1.807) is 0 Å². The third-order valence-corrected chi connectivity index (χ3v) is 10.9. The summed E-state index contributed by atoms with van der Waals surface area (Å²) in [5.41, 5.74) is 10.2. The van der Waals surface area contributed by atoms with E-state index in [0.29, 0.717) is 5.82 Å². The normalized spacial score (nSPS) is 11.5. The minimum Gasteiger partial charge on any atom is -0.247 e. The van der Waals surface area contributed by atoms with E-state index in [1.807, 2.05) is 23.5 Å². The van der Waals surface area contributed by atoms with Crippen LogP contribution in [0.1, 0.15) is 0 Å². The fraction of sp³-hybridized carbons (Fsp3) is 0. The van der Waals surface area contributed by atoms with Gasteiger partial charge in [-0.3, -0.25) is 0 Å². The summed E-state index contributed by atoms with van der Waals surface area (Å²) in [5.74, 6) is 0.686. The number of fused-ring (bicyclic) bond motifs is 7. The lowest BCUT2D eigenvalue weighted by atomic mass is 9.97. The summed E-state index contributed by atoms with van der Waals surface area (Å²) in [7, 11) is 0. The quantitative estimate of drug-likeness (QED) is 0.171. The topological polar surface area (TPSA) is 38.7 Å². The number of hydrogen-bond donors (Lipinski definition) is 0. The molecule has 3 nitrogen and oxygen atoms in total. The molecule has 0 aliphatic heterocycles. The molecule has 10 rings (SSSR count). The van der Waals surface area contributed by atoms with Gasteiger partial charge in [-0.05, 0) is 35.4 Å². The average molecular weight is 668 g/mol. The Morgan fingerprint density at radius 3 is 1.76 bits per heavy atom. The molecule has 3 heterocycles. The predicted octanol–water partition coefficient (Wildman–Crippen LogP) is 12.9. The Morgan fingerprint density at radius 2 is 0.961 bits per heavy atom. The van der Waals surface area contributed by atoms with E-state index < -0.39 is 0 Å². The minimum atomic E-state index is 0.686. The molecule has 4 heteroatoms. The van der Waals surface area contributed by atoms with Crippen LogP contribution in [-0.2, 0) is 0 Å². The number of benzene rings is 7. The molecule has 10 aromatic rings. The van der Waals surface area contributed by atoms with E-state index in [1.165, 1.54) is 36.5 Å². The van der Waals surface area contributed by atoms with Crippen LogP contribution >= 0.6 is 11.3 Å². The third-order valence-electron chi connectivity index (χ3n) is 9.69. The van der Waals surface area contributed by atoms with Crippen molar-refractivity contribution < 1.29 is 0 Å². The van der Waals surface area contributed by atoms with Crippen LogP contribution in [-0.4, -0.2) is 15.0 Å². The first-order chi connectivity index (χ1) is 25.3. The van der Waals surface area contributed by atoms with Crippen LogP contribution in [0, 0.1) is 0 Å². The van der Waals surface area contributed by atoms with E-state index in [2.05, 4.69) is 164 Å². The smallest absolute Gasteiger partial charge is 0.160 e. The Hall–Kier alpha value is -6.49. The Morgan fingerprint density at radius 1 is 0.353 bits per heavy atom. The molecule has 0 spiro atoms. The van der Waals surface area contributed by atoms with Crippen molar-refractivity contribution in [3.8, 4) is 56.3 Å². The molecule has 0 aliphatic carbocycles. The van der Waals surface area contributed by atoms with Crippen molar-refractivity contribution in [1.29, 1.82) is 0 Å². The van der Waals surface area contributed by atoms with Crippen LogP contribution in [0.15, 0.2) is 176 Å². The van der Waals surface area contributed by atoms with Gasteiger partial charge in [0, 0.05) is 58.6 Å². The highest BCUT2D eigenvalue weighted by atomic mass is 32.1. The van der Waals surface area contributed by atoms with Gasteiger partial charge in [0.2, 0.25) is 0 Å². The van der Waals surface area contributed by atoms with Crippen molar-refractivity contribution in [1.82, 2.24) is 15.0 Å². The standard InChI is InChI=1S/C47H29N3S/c1-3-12-30(13-4-1)34-16-11-17-35(28-34)42-29-41(31-14-5-2-6-15-31)49-47(50-42)33-24-22-32(23-25-33)45-39-27-26-37-36-18-8-10-21-43(36)51-46(37)44(39)38-19-7-9-20-40(38)48-45/h1-29H. The summed E-state index contributed by atoms with van der Waals surface area (Å²) in [6.45, 7) is 0. The van der Waals surface area contributed by atoms with Crippen molar-refractivity contribution >= 4 is 53.2 Å². The second-order valence-electron chi connectivity index (χ2n) is 12.8. The zero-order valence-corrected chi connectivity index (χ0v) is 28.3. The van der Waals surface area contributed by atoms with Gasteiger partial charge in [-0.15, -0.1) is 11.3 Å². The summed E-state index contributed by atoms with van der Waals surface area (Å²) < 4.78 is 2.61. The summed E-state index contributed by atoms with van der Waals surface area (Å²) in [6.07, 6.45) is 0. The molecule has 0 atom stereocenters. The van der Waals surface area contributed by atoms with Crippen LogP contribution in [0.3, 0.4) is 0 Å². The Kier molecular flexibility index (Phi) is 7.00. The molecule has 0 N–H and O–H groups in total. The van der Waals surface area contributed by atoms with Gasteiger partial charge in [0.15, 0.2) is 5.82 Å². The van der Waals surface area contributed by atoms with Gasteiger partial charge in [0.1, 0.15) is 0 Å². The molecular weight excluding hydrogens is 639 g/mol. The Bertz CT molecular complexity index is 2900. The molecule has 0 unspecified atom stereocenters. The first-order valence-corrected chi connectivity index (χ1v) is 17.9. The van der Waals surface area contributed by atoms with Gasteiger partial charge in [-0.2, -0.15) is 0 Å². The van der Waals surface area contributed by atoms with Crippen molar-refractivity contribution in [2.45, 2.75) is 0 Å². The van der Waals surface area contributed by atoms with Crippen molar-refractivity contribution in [2.75, 3.05) is 0 Å². The summed E-state index contributed by atoms with van der Waals surface area (Å²) >= 11 is 1.86. The van der Waals surface area contributed by atoms with Crippen molar-refractivity contribution in [2.24, 2.45) is 0 Å². The van der Waals surface area contributed by atoms with E-state index in [0.717, 1.165) is 55.8 Å². The minimum absolute atomic E-state index is 0.686. The van der Waals surface area contributed by atoms with Gasteiger partial charge in [0.25, 0.3) is 0 Å². The molecule has 0 bridgehead atoms. The van der Waals surface area contributed by atoms with Crippen LogP contribution in [0.25, 0.3) is 98.1 Å². The van der Waals surface area contributed by atoms with E-state index in [-0.39, 0.29) is 0 Å². The molecule has 7 aromatic carbocycles. The zero-order chi connectivity index (χ0) is 33.7. The summed E-state index contributed by atoms with van der Waals surface area (Å²) in [4.78, 5) is 15.5. The van der Waals surface area contributed by atoms with E-state index in [9.17, 15) is 0 Å². The van der Waals surface area contributed by atoms with Crippen LogP contribution in [0.4, 0.5) is 0 Å². The number of thiophene rings is 1. The number of nitrogens with zero attached hydrogens (tertiary/aromatic N) is 3. The molecule has 0 saturated carbocycles. The maximum absolute atomic E-state index is 5.25. The van der Waals surface area contributed by atoms with Gasteiger partial charge < -0.3 is 0 Å². The lowest BCUT2D eigenvalue weighted by molar-refractivity contribution is 1.18. The Balaban J connectivity index is 1.11. The van der Waals surface area contributed by atoms with Gasteiger partial charge in [-0.25, -0.2) is 15.0 Å². The Labute approximate surface area is 299 Å². The van der Waals surface area contributed by atoms with Gasteiger partial charge >= 0.3 is 0 Å². The van der Waals surface area contributed by atoms with Crippen molar-refractivity contribution in [3.05, 3.63) is 176 Å². The zero-order valence-electron chi connectivity index (χ0n) is 27.5. The first-order valence-electron chi connectivity index (χ1n) is 17.1. The lowest BCUT2D eigenvalue weighted by Crippen LogP contribution is -1.96. The van der Waals surface area contributed by atoms with Crippen molar-refractivity contribution in [3.63, 3.8) is 0 Å². The lowest BCUT2D eigenvalue weighted by Gasteiger charge is -2.13. The first kappa shape index (κ1) is 29.4. The largest absolute Gasteiger partial charge is 0.247 e. The number of para-hydroxylation sites is 1. The molecular formula is C47H29N3S. The van der Waals surface area contributed by atoms with Gasteiger partial charge in [-0.1, -0.05) is 152 Å². The summed E-state index contributed by atoms with van der Waals surface area (Å²) in [5, 5.41) is 6.19. The maximum Gasteiger partial charge on any atom is 0.160 e. The van der Waals surface area contributed by atoms with E-state index in [4.69, 9.17) is 15.0 Å². The molecule has 0 amide bonds. The highest BCUT2D eigenvalue weighted by Gasteiger charge is 2.17. The fourth-order valence-electron chi connectivity index (χ4n) is 7.18. The molecule has 0 radical (unpaired) electrons. The second kappa shape index (κ2) is 12.1. The van der Waals surface area contributed by atoms with Crippen LogP contribution in [0.2, 0.25) is 0 Å². The van der Waals surface area contributed by atoms with Crippen LogP contribution < -0.4 is 0 Å². The fourth-order valence-corrected chi connectivity index (χ4v) is 8.45. The maximum atomic E-state index is 5.25. The second-order valence-corrected chi connectivity index (χ2v) is 13.8. The molecule has 51 heavy (non-hydrogen) atoms. The highest BCUT2D eigenvalue weighted by Crippen LogP contribution is 2.43. The number of pyridine rings is 1. The number of rotatable bonds is 5. The van der Waals surface area contributed by atoms with E-state index >= 15 is 0 Å². The number of aromatic nitrogens is 3. The molecule has 238 valence electrons. The van der Waals surface area contributed by atoms with Crippen LogP contribution in [0.5, 0.6) is 0 Å². The average Bonchev–Trinajstić information content (AvgIpc) is 3.60. The molecule has 0 fully saturated rings. The molecule has 3 aromatic heterocycles. The number of hydrogen-bond acceptors (Lipinski definition) is 4. The SMILES string of the molecule is c1ccc(-c2cccc(-c3cc(-c4ccccc4)nc(-c4ccc(-c5nc6ccccc6c6c5ccc5c7ccccc7sc56)cc4)n3)c2)cc1. The summed E-state index contributed by atoms with van der Waals surface area (Å²) in [6, 6.07) is 61.8. The predicted molar refractivity (Wildman–Crippen MR) is 215 cm³/mol.